The average Bonchev–Trinajstić information content (AvgIpc) is 2.73. The summed E-state index contributed by atoms with van der Waals surface area (Å²) in [6.45, 7) is 0. The second-order valence-corrected chi connectivity index (χ2v) is 7.61. The molecule has 0 unspecified atom stereocenters. The number of rotatable bonds is 3. The minimum Gasteiger partial charge on any atom is -0.248 e. The van der Waals surface area contributed by atoms with E-state index in [-0.39, 0.29) is 0 Å². The van der Waals surface area contributed by atoms with Crippen LogP contribution in [0.5, 0.6) is 0 Å². The van der Waals surface area contributed by atoms with Gasteiger partial charge in [-0.1, -0.05) is 78.5 Å². The van der Waals surface area contributed by atoms with Crippen molar-refractivity contribution in [2.75, 3.05) is 0 Å². The fourth-order valence-corrected chi connectivity index (χ4v) is 4.35. The van der Waals surface area contributed by atoms with Crippen LogP contribution in [0.1, 0.15) is 0 Å². The predicted octanol–water partition coefficient (Wildman–Crippen LogP) is 7.21. The lowest BCUT2D eigenvalue weighted by molar-refractivity contribution is 1.41. The number of hydrogen-bond donors (Lipinski definition) is 0. The lowest BCUT2D eigenvalue weighted by Crippen LogP contribution is -1.89. The Morgan fingerprint density at radius 1 is 0.519 bits per heavy atom. The molecule has 0 saturated heterocycles. The number of para-hydroxylation sites is 1. The fourth-order valence-electron chi connectivity index (χ4n) is 3.47. The zero-order chi connectivity index (χ0) is 18.1. The molecule has 0 aliphatic rings. The first-order chi connectivity index (χ1) is 13.4. The van der Waals surface area contributed by atoms with Crippen molar-refractivity contribution in [2.45, 2.75) is 9.79 Å². The van der Waals surface area contributed by atoms with E-state index in [0.717, 1.165) is 11.0 Å². The quantitative estimate of drug-likeness (QED) is 0.314. The summed E-state index contributed by atoms with van der Waals surface area (Å²) in [5.74, 6) is 0. The smallest absolute Gasteiger partial charge is 0.0716 e. The van der Waals surface area contributed by atoms with Gasteiger partial charge in [0, 0.05) is 26.1 Å². The van der Waals surface area contributed by atoms with Crippen LogP contribution in [-0.4, -0.2) is 4.98 Å². The van der Waals surface area contributed by atoms with Gasteiger partial charge in [0.1, 0.15) is 0 Å². The first kappa shape index (κ1) is 16.1. The Labute approximate surface area is 162 Å². The molecule has 1 aromatic heterocycles. The number of fused-ring (bicyclic) bond motifs is 2. The van der Waals surface area contributed by atoms with Crippen molar-refractivity contribution in [1.82, 2.24) is 4.98 Å². The molecule has 4 aromatic carbocycles. The molecule has 1 heterocycles. The maximum absolute atomic E-state index is 4.90. The van der Waals surface area contributed by atoms with Gasteiger partial charge in [-0.2, -0.15) is 0 Å². The summed E-state index contributed by atoms with van der Waals surface area (Å²) in [4.78, 5) is 7.37. The fraction of sp³-hybridized carbons (Fsp3) is 0. The van der Waals surface area contributed by atoms with E-state index < -0.39 is 0 Å². The van der Waals surface area contributed by atoms with Crippen LogP contribution in [0.2, 0.25) is 0 Å². The lowest BCUT2D eigenvalue weighted by atomic mass is 9.96. The number of benzene rings is 4. The van der Waals surface area contributed by atoms with Gasteiger partial charge in [-0.05, 0) is 42.0 Å². The maximum Gasteiger partial charge on any atom is 0.0716 e. The van der Waals surface area contributed by atoms with E-state index in [2.05, 4.69) is 97.1 Å². The van der Waals surface area contributed by atoms with Crippen molar-refractivity contribution in [2.24, 2.45) is 0 Å². The van der Waals surface area contributed by atoms with Crippen LogP contribution in [0.4, 0.5) is 0 Å². The molecular formula is C25H17NS. The minimum atomic E-state index is 1.03. The van der Waals surface area contributed by atoms with Gasteiger partial charge >= 0.3 is 0 Å². The Kier molecular flexibility index (Phi) is 4.11. The van der Waals surface area contributed by atoms with Crippen molar-refractivity contribution in [1.29, 1.82) is 0 Å². The summed E-state index contributed by atoms with van der Waals surface area (Å²) in [7, 11) is 0. The van der Waals surface area contributed by atoms with Gasteiger partial charge < -0.3 is 0 Å². The monoisotopic (exact) mass is 363 g/mol. The molecular weight excluding hydrogens is 346 g/mol. The van der Waals surface area contributed by atoms with Gasteiger partial charge in [0.05, 0.1) is 11.0 Å². The molecule has 0 aliphatic carbocycles. The average molecular weight is 363 g/mol. The number of pyridine rings is 1. The molecule has 0 bridgehead atoms. The molecule has 27 heavy (non-hydrogen) atoms. The highest BCUT2D eigenvalue weighted by atomic mass is 32.2. The standard InChI is InChI=1S/C25H17NS/c1-3-9-18(10-4-1)25-21-13-7-8-14-23(21)26-24-16-15-20(17-22(24)25)27-19-11-5-2-6-12-19/h1-17H. The number of hydrogen-bond acceptors (Lipinski definition) is 2. The molecule has 128 valence electrons. The SMILES string of the molecule is c1ccc(Sc2ccc3nc4ccccc4c(-c4ccccc4)c3c2)cc1. The third kappa shape index (κ3) is 3.09. The predicted molar refractivity (Wildman–Crippen MR) is 115 cm³/mol. The highest BCUT2D eigenvalue weighted by Gasteiger charge is 2.12. The van der Waals surface area contributed by atoms with E-state index in [0.29, 0.717) is 0 Å². The topological polar surface area (TPSA) is 12.9 Å². The van der Waals surface area contributed by atoms with E-state index in [4.69, 9.17) is 4.98 Å². The van der Waals surface area contributed by atoms with E-state index in [1.165, 1.54) is 31.7 Å². The van der Waals surface area contributed by atoms with Crippen LogP contribution in [0.15, 0.2) is 113 Å². The second-order valence-electron chi connectivity index (χ2n) is 6.46. The lowest BCUT2D eigenvalue weighted by Gasteiger charge is -2.12. The van der Waals surface area contributed by atoms with Gasteiger partial charge in [-0.15, -0.1) is 0 Å². The number of aromatic nitrogens is 1. The Hall–Kier alpha value is -3.10. The Morgan fingerprint density at radius 2 is 1.19 bits per heavy atom. The van der Waals surface area contributed by atoms with E-state index in [1.807, 2.05) is 6.07 Å². The summed E-state index contributed by atoms with van der Waals surface area (Å²) in [6.07, 6.45) is 0. The summed E-state index contributed by atoms with van der Waals surface area (Å²) < 4.78 is 0. The van der Waals surface area contributed by atoms with Crippen molar-refractivity contribution >= 4 is 33.6 Å². The molecule has 0 atom stereocenters. The van der Waals surface area contributed by atoms with Crippen molar-refractivity contribution in [3.8, 4) is 11.1 Å². The molecule has 0 spiro atoms. The van der Waals surface area contributed by atoms with Gasteiger partial charge in [0.15, 0.2) is 0 Å². The zero-order valence-electron chi connectivity index (χ0n) is 14.7. The molecule has 0 amide bonds. The van der Waals surface area contributed by atoms with Gasteiger partial charge in [0.2, 0.25) is 0 Å². The third-order valence-corrected chi connectivity index (χ3v) is 5.69. The van der Waals surface area contributed by atoms with Gasteiger partial charge in [-0.25, -0.2) is 4.98 Å². The zero-order valence-corrected chi connectivity index (χ0v) is 15.5. The van der Waals surface area contributed by atoms with Crippen LogP contribution in [0, 0.1) is 0 Å². The number of nitrogens with zero attached hydrogens (tertiary/aromatic N) is 1. The third-order valence-electron chi connectivity index (χ3n) is 4.69. The molecule has 0 aliphatic heterocycles. The van der Waals surface area contributed by atoms with E-state index in [1.54, 1.807) is 11.8 Å². The first-order valence-corrected chi connectivity index (χ1v) is 9.81. The molecule has 1 nitrogen and oxygen atoms in total. The van der Waals surface area contributed by atoms with Crippen LogP contribution in [0.25, 0.3) is 32.9 Å². The van der Waals surface area contributed by atoms with E-state index >= 15 is 0 Å². The van der Waals surface area contributed by atoms with E-state index in [9.17, 15) is 0 Å². The molecule has 0 fully saturated rings. The summed E-state index contributed by atoms with van der Waals surface area (Å²) >= 11 is 1.78. The van der Waals surface area contributed by atoms with Crippen LogP contribution in [-0.2, 0) is 0 Å². The Morgan fingerprint density at radius 3 is 2.00 bits per heavy atom. The minimum absolute atomic E-state index is 1.03. The van der Waals surface area contributed by atoms with Crippen molar-refractivity contribution in [3.05, 3.63) is 103 Å². The van der Waals surface area contributed by atoms with Crippen LogP contribution in [0.3, 0.4) is 0 Å². The molecule has 5 rings (SSSR count). The summed E-state index contributed by atoms with van der Waals surface area (Å²) in [5.41, 5.74) is 4.55. The molecule has 5 aromatic rings. The summed E-state index contributed by atoms with van der Waals surface area (Å²) in [6, 6.07) is 36.1. The normalized spacial score (nSPS) is 11.1. The van der Waals surface area contributed by atoms with Crippen molar-refractivity contribution < 1.29 is 0 Å². The maximum atomic E-state index is 4.90. The highest BCUT2D eigenvalue weighted by Crippen LogP contribution is 2.37. The van der Waals surface area contributed by atoms with Crippen molar-refractivity contribution in [3.63, 3.8) is 0 Å². The Bertz CT molecular complexity index is 1230. The van der Waals surface area contributed by atoms with Gasteiger partial charge in [-0.3, -0.25) is 0 Å². The molecule has 0 radical (unpaired) electrons. The Balaban J connectivity index is 1.77. The second kappa shape index (κ2) is 6.90. The van der Waals surface area contributed by atoms with Crippen LogP contribution >= 0.6 is 11.8 Å². The molecule has 0 N–H and O–H groups in total. The summed E-state index contributed by atoms with van der Waals surface area (Å²) in [5, 5.41) is 2.39. The first-order valence-electron chi connectivity index (χ1n) is 8.99. The van der Waals surface area contributed by atoms with Gasteiger partial charge in [0.25, 0.3) is 0 Å². The molecule has 0 saturated carbocycles. The molecule has 2 heteroatoms. The van der Waals surface area contributed by atoms with Crippen LogP contribution < -0.4 is 0 Å². The highest BCUT2D eigenvalue weighted by molar-refractivity contribution is 7.99. The largest absolute Gasteiger partial charge is 0.248 e.